The molecule has 2 N–H and O–H groups in total. The zero-order valence-electron chi connectivity index (χ0n) is 9.89. The predicted octanol–water partition coefficient (Wildman–Crippen LogP) is 0.909. The Morgan fingerprint density at radius 2 is 2.06 bits per heavy atom. The fraction of sp³-hybridized carbons (Fsp3) is 1.00. The lowest BCUT2D eigenvalue weighted by Crippen LogP contribution is -2.51. The van der Waals surface area contributed by atoms with Gasteiger partial charge >= 0.3 is 0 Å². The monoisotopic (exact) mass is 230 g/mol. The minimum atomic E-state index is -0.573. The molecule has 0 aliphatic carbocycles. The van der Waals surface area contributed by atoms with Gasteiger partial charge in [0, 0.05) is 18.8 Å². The second-order valence-electron chi connectivity index (χ2n) is 5.06. The minimum Gasteiger partial charge on any atom is -0.396 e. The molecule has 0 radical (unpaired) electrons. The molecule has 1 spiro atoms. The Balaban J connectivity index is 1.91. The Hall–Kier alpha value is -0.160. The van der Waals surface area contributed by atoms with E-state index in [1.807, 2.05) is 0 Å². The molecule has 0 saturated carbocycles. The van der Waals surface area contributed by atoms with Gasteiger partial charge < -0.3 is 19.7 Å². The summed E-state index contributed by atoms with van der Waals surface area (Å²) in [5.41, 5.74) is 0. The van der Waals surface area contributed by atoms with Gasteiger partial charge in [0.2, 0.25) is 0 Å². The van der Waals surface area contributed by atoms with Crippen molar-refractivity contribution in [1.29, 1.82) is 0 Å². The third-order valence-electron chi connectivity index (χ3n) is 3.95. The van der Waals surface area contributed by atoms with Gasteiger partial charge in [-0.3, -0.25) is 0 Å². The van der Waals surface area contributed by atoms with Crippen LogP contribution < -0.4 is 0 Å². The summed E-state index contributed by atoms with van der Waals surface area (Å²) in [4.78, 5) is 0. The molecule has 4 heteroatoms. The van der Waals surface area contributed by atoms with E-state index in [2.05, 4.69) is 6.92 Å². The number of aliphatic hydroxyl groups excluding tert-OH is 2. The van der Waals surface area contributed by atoms with E-state index in [1.165, 1.54) is 0 Å². The number of ether oxygens (including phenoxy) is 2. The Kier molecular flexibility index (Phi) is 3.85. The first kappa shape index (κ1) is 12.3. The van der Waals surface area contributed by atoms with Gasteiger partial charge in [0.05, 0.1) is 25.9 Å². The molecule has 2 aliphatic heterocycles. The maximum absolute atomic E-state index is 9.89. The van der Waals surface area contributed by atoms with Crippen LogP contribution in [0.1, 0.15) is 32.6 Å². The van der Waals surface area contributed by atoms with Crippen LogP contribution in [0.15, 0.2) is 0 Å². The van der Waals surface area contributed by atoms with E-state index in [1.54, 1.807) is 0 Å². The summed E-state index contributed by atoms with van der Waals surface area (Å²) >= 11 is 0. The van der Waals surface area contributed by atoms with Gasteiger partial charge in [-0.05, 0) is 12.3 Å². The highest BCUT2D eigenvalue weighted by atomic mass is 16.7. The lowest BCUT2D eigenvalue weighted by molar-refractivity contribution is -0.307. The van der Waals surface area contributed by atoms with Crippen LogP contribution in [0.5, 0.6) is 0 Å². The van der Waals surface area contributed by atoms with E-state index in [0.717, 1.165) is 25.9 Å². The summed E-state index contributed by atoms with van der Waals surface area (Å²) < 4.78 is 11.5. The van der Waals surface area contributed by atoms with Gasteiger partial charge in [0.25, 0.3) is 0 Å². The van der Waals surface area contributed by atoms with Crippen molar-refractivity contribution in [3.8, 4) is 0 Å². The molecule has 2 saturated heterocycles. The second-order valence-corrected chi connectivity index (χ2v) is 5.06. The molecule has 2 heterocycles. The van der Waals surface area contributed by atoms with E-state index in [9.17, 15) is 5.11 Å². The molecule has 0 unspecified atom stereocenters. The molecule has 0 amide bonds. The van der Waals surface area contributed by atoms with Crippen LogP contribution in [0, 0.1) is 11.8 Å². The SMILES string of the molecule is CC[C@H]1CC[C@]2(C[C@@H](O)[C@@H](CO)CO2)OC1. The summed E-state index contributed by atoms with van der Waals surface area (Å²) in [6.45, 7) is 3.28. The maximum Gasteiger partial charge on any atom is 0.170 e. The highest BCUT2D eigenvalue weighted by Gasteiger charge is 2.44. The van der Waals surface area contributed by atoms with E-state index >= 15 is 0 Å². The van der Waals surface area contributed by atoms with Crippen LogP contribution in [0.25, 0.3) is 0 Å². The van der Waals surface area contributed by atoms with Crippen molar-refractivity contribution >= 4 is 0 Å². The first-order chi connectivity index (χ1) is 7.69. The summed E-state index contributed by atoms with van der Waals surface area (Å²) in [6, 6.07) is 0. The average Bonchev–Trinajstić information content (AvgIpc) is 2.30. The smallest absolute Gasteiger partial charge is 0.170 e. The minimum absolute atomic E-state index is 0.0190. The van der Waals surface area contributed by atoms with Crippen molar-refractivity contribution in [3.63, 3.8) is 0 Å². The van der Waals surface area contributed by atoms with E-state index in [4.69, 9.17) is 14.6 Å². The van der Waals surface area contributed by atoms with Crippen LogP contribution >= 0.6 is 0 Å². The number of hydrogen-bond acceptors (Lipinski definition) is 4. The highest BCUT2D eigenvalue weighted by Crippen LogP contribution is 2.38. The second kappa shape index (κ2) is 5.00. The van der Waals surface area contributed by atoms with Gasteiger partial charge in [0.15, 0.2) is 5.79 Å². The van der Waals surface area contributed by atoms with Gasteiger partial charge in [-0.2, -0.15) is 0 Å². The zero-order valence-corrected chi connectivity index (χ0v) is 9.89. The van der Waals surface area contributed by atoms with Crippen molar-refractivity contribution in [2.24, 2.45) is 11.8 Å². The van der Waals surface area contributed by atoms with Gasteiger partial charge in [-0.25, -0.2) is 0 Å². The molecule has 0 bridgehead atoms. The normalized spacial score (nSPS) is 44.8. The van der Waals surface area contributed by atoms with Crippen molar-refractivity contribution in [2.75, 3.05) is 19.8 Å². The molecular weight excluding hydrogens is 208 g/mol. The van der Waals surface area contributed by atoms with E-state index < -0.39 is 11.9 Å². The van der Waals surface area contributed by atoms with Crippen LogP contribution in [-0.4, -0.2) is 41.9 Å². The Morgan fingerprint density at radius 3 is 2.56 bits per heavy atom. The molecule has 2 rings (SSSR count). The van der Waals surface area contributed by atoms with E-state index in [0.29, 0.717) is 18.9 Å². The van der Waals surface area contributed by atoms with Crippen LogP contribution in [-0.2, 0) is 9.47 Å². The molecule has 2 aliphatic rings. The van der Waals surface area contributed by atoms with Crippen molar-refractivity contribution < 1.29 is 19.7 Å². The standard InChI is InChI=1S/C12H22O4/c1-2-9-3-4-12(15-7-9)5-11(14)10(6-13)8-16-12/h9-11,13-14H,2-8H2,1H3/t9-,10-,11+,12-/m0/s1. The molecule has 0 aromatic carbocycles. The average molecular weight is 230 g/mol. The Bertz CT molecular complexity index is 218. The summed E-state index contributed by atoms with van der Waals surface area (Å²) in [7, 11) is 0. The molecular formula is C12H22O4. The first-order valence-corrected chi connectivity index (χ1v) is 6.26. The molecule has 94 valence electrons. The number of rotatable bonds is 2. The Labute approximate surface area is 96.6 Å². The summed E-state index contributed by atoms with van der Waals surface area (Å²) in [5.74, 6) is -0.100. The molecule has 0 aromatic rings. The Morgan fingerprint density at radius 1 is 1.31 bits per heavy atom. The molecule has 2 fully saturated rings. The van der Waals surface area contributed by atoms with Crippen LogP contribution in [0.3, 0.4) is 0 Å². The third kappa shape index (κ3) is 2.40. The summed E-state index contributed by atoms with van der Waals surface area (Å²) in [5, 5.41) is 18.9. The molecule has 16 heavy (non-hydrogen) atoms. The van der Waals surface area contributed by atoms with Gasteiger partial charge in [0.1, 0.15) is 0 Å². The first-order valence-electron chi connectivity index (χ1n) is 6.26. The quantitative estimate of drug-likeness (QED) is 0.740. The van der Waals surface area contributed by atoms with E-state index in [-0.39, 0.29) is 12.5 Å². The van der Waals surface area contributed by atoms with Crippen LogP contribution in [0.2, 0.25) is 0 Å². The largest absolute Gasteiger partial charge is 0.396 e. The maximum atomic E-state index is 9.89. The van der Waals surface area contributed by atoms with Crippen molar-refractivity contribution in [1.82, 2.24) is 0 Å². The fourth-order valence-electron chi connectivity index (χ4n) is 2.53. The van der Waals surface area contributed by atoms with Gasteiger partial charge in [-0.15, -0.1) is 0 Å². The molecule has 0 aromatic heterocycles. The summed E-state index contributed by atoms with van der Waals surface area (Å²) in [6.07, 6.45) is 3.09. The van der Waals surface area contributed by atoms with Crippen molar-refractivity contribution in [2.45, 2.75) is 44.5 Å². The lowest BCUT2D eigenvalue weighted by Gasteiger charge is -2.45. The lowest BCUT2D eigenvalue weighted by atomic mass is 9.86. The molecule has 4 atom stereocenters. The molecule has 4 nitrogen and oxygen atoms in total. The fourth-order valence-corrected chi connectivity index (χ4v) is 2.53. The van der Waals surface area contributed by atoms with Crippen LogP contribution in [0.4, 0.5) is 0 Å². The predicted molar refractivity (Wildman–Crippen MR) is 58.8 cm³/mol. The third-order valence-corrected chi connectivity index (χ3v) is 3.95. The number of hydrogen-bond donors (Lipinski definition) is 2. The highest BCUT2D eigenvalue weighted by molar-refractivity contribution is 4.87. The topological polar surface area (TPSA) is 58.9 Å². The van der Waals surface area contributed by atoms with Gasteiger partial charge in [-0.1, -0.05) is 13.3 Å². The van der Waals surface area contributed by atoms with Crippen molar-refractivity contribution in [3.05, 3.63) is 0 Å². The number of aliphatic hydroxyl groups is 2. The zero-order chi connectivity index (χ0) is 11.6.